The van der Waals surface area contributed by atoms with Gasteiger partial charge in [0, 0.05) is 23.5 Å². The highest BCUT2D eigenvalue weighted by atomic mass is 16.5. The second-order valence-electron chi connectivity index (χ2n) is 7.30. The van der Waals surface area contributed by atoms with Crippen molar-refractivity contribution in [3.05, 3.63) is 96.1 Å². The summed E-state index contributed by atoms with van der Waals surface area (Å²) in [6, 6.07) is 27.9. The smallest absolute Gasteiger partial charge is 0.226 e. The molecule has 0 saturated heterocycles. The zero-order valence-corrected chi connectivity index (χ0v) is 16.6. The maximum Gasteiger partial charge on any atom is 0.226 e. The SMILES string of the molecule is COc1ccc([C@@H]2CC(=O)Nc3c2c(-c2ccccc2)nn3-c2ccccc2)cc1. The largest absolute Gasteiger partial charge is 0.497 e. The molecule has 1 aliphatic heterocycles. The Labute approximate surface area is 174 Å². The van der Waals surface area contributed by atoms with E-state index in [9.17, 15) is 4.79 Å². The number of para-hydroxylation sites is 1. The minimum Gasteiger partial charge on any atom is -0.497 e. The fourth-order valence-electron chi connectivity index (χ4n) is 4.04. The Balaban J connectivity index is 1.74. The van der Waals surface area contributed by atoms with E-state index >= 15 is 0 Å². The van der Waals surface area contributed by atoms with Crippen molar-refractivity contribution in [3.8, 4) is 22.7 Å². The van der Waals surface area contributed by atoms with Gasteiger partial charge in [0.05, 0.1) is 18.5 Å². The summed E-state index contributed by atoms with van der Waals surface area (Å²) >= 11 is 0. The molecule has 0 radical (unpaired) electrons. The summed E-state index contributed by atoms with van der Waals surface area (Å²) in [6.45, 7) is 0. The normalized spacial score (nSPS) is 15.4. The summed E-state index contributed by atoms with van der Waals surface area (Å²) in [6.07, 6.45) is 0.375. The van der Waals surface area contributed by atoms with Crippen molar-refractivity contribution in [3.63, 3.8) is 0 Å². The number of amides is 1. The van der Waals surface area contributed by atoms with Gasteiger partial charge in [0.25, 0.3) is 0 Å². The van der Waals surface area contributed by atoms with Crippen LogP contribution in [0.2, 0.25) is 0 Å². The Morgan fingerprint density at radius 2 is 1.60 bits per heavy atom. The van der Waals surface area contributed by atoms with Crippen LogP contribution in [0.15, 0.2) is 84.9 Å². The number of aromatic nitrogens is 2. The molecule has 1 aliphatic rings. The van der Waals surface area contributed by atoms with Crippen LogP contribution in [0.1, 0.15) is 23.5 Å². The summed E-state index contributed by atoms with van der Waals surface area (Å²) in [5.41, 5.74) is 4.92. The Hall–Kier alpha value is -3.86. The van der Waals surface area contributed by atoms with Crippen LogP contribution in [-0.4, -0.2) is 22.8 Å². The highest BCUT2D eigenvalue weighted by Gasteiger charge is 2.34. The summed E-state index contributed by atoms with van der Waals surface area (Å²) in [7, 11) is 1.65. The van der Waals surface area contributed by atoms with Crippen molar-refractivity contribution < 1.29 is 9.53 Å². The molecule has 148 valence electrons. The second kappa shape index (κ2) is 7.52. The van der Waals surface area contributed by atoms with Crippen molar-refractivity contribution in [2.45, 2.75) is 12.3 Å². The minimum absolute atomic E-state index is 0.0139. The van der Waals surface area contributed by atoms with Gasteiger partial charge in [-0.2, -0.15) is 5.10 Å². The number of carbonyl (C=O) groups is 1. The monoisotopic (exact) mass is 395 g/mol. The first kappa shape index (κ1) is 18.2. The van der Waals surface area contributed by atoms with Gasteiger partial charge < -0.3 is 10.1 Å². The van der Waals surface area contributed by atoms with E-state index in [1.807, 2.05) is 77.5 Å². The number of nitrogens with one attached hydrogen (secondary N) is 1. The number of carbonyl (C=O) groups excluding carboxylic acids is 1. The molecule has 3 aromatic carbocycles. The predicted octanol–water partition coefficient (Wildman–Crippen LogP) is 5.02. The first-order valence-electron chi connectivity index (χ1n) is 9.92. The molecule has 0 fully saturated rings. The first-order valence-corrected chi connectivity index (χ1v) is 9.92. The minimum atomic E-state index is -0.0904. The molecule has 0 spiro atoms. The van der Waals surface area contributed by atoms with Crippen LogP contribution < -0.4 is 10.1 Å². The number of methoxy groups -OCH3 is 1. The number of ether oxygens (including phenoxy) is 1. The van der Waals surface area contributed by atoms with Crippen molar-refractivity contribution >= 4 is 11.7 Å². The molecule has 5 heteroatoms. The molecular formula is C25H21N3O2. The third kappa shape index (κ3) is 3.14. The van der Waals surface area contributed by atoms with Gasteiger partial charge in [0.1, 0.15) is 11.6 Å². The number of anilines is 1. The van der Waals surface area contributed by atoms with E-state index in [0.717, 1.165) is 39.6 Å². The van der Waals surface area contributed by atoms with E-state index in [0.29, 0.717) is 6.42 Å². The number of hydrogen-bond acceptors (Lipinski definition) is 3. The van der Waals surface area contributed by atoms with Gasteiger partial charge in [-0.1, -0.05) is 60.7 Å². The molecule has 0 unspecified atom stereocenters. The molecule has 30 heavy (non-hydrogen) atoms. The molecule has 1 aromatic heterocycles. The lowest BCUT2D eigenvalue weighted by Crippen LogP contribution is -2.24. The van der Waals surface area contributed by atoms with Crippen LogP contribution in [0.5, 0.6) is 5.75 Å². The van der Waals surface area contributed by atoms with Crippen LogP contribution in [-0.2, 0) is 4.79 Å². The predicted molar refractivity (Wildman–Crippen MR) is 117 cm³/mol. The highest BCUT2D eigenvalue weighted by Crippen LogP contribution is 2.44. The van der Waals surface area contributed by atoms with E-state index in [1.54, 1.807) is 7.11 Å². The lowest BCUT2D eigenvalue weighted by molar-refractivity contribution is -0.116. The highest BCUT2D eigenvalue weighted by molar-refractivity contribution is 5.96. The zero-order chi connectivity index (χ0) is 20.5. The summed E-state index contributed by atoms with van der Waals surface area (Å²) in [5, 5.41) is 8.03. The standard InChI is InChI=1S/C25H21N3O2/c1-30-20-14-12-17(13-15-20)21-16-22(29)26-25-23(21)24(18-8-4-2-5-9-18)27-28(25)19-10-6-3-7-11-19/h2-15,21H,16H2,1H3,(H,26,29)/t21-/m0/s1. The molecule has 5 nitrogen and oxygen atoms in total. The summed E-state index contributed by atoms with van der Waals surface area (Å²) in [4.78, 5) is 12.7. The fraction of sp³-hybridized carbons (Fsp3) is 0.120. The van der Waals surface area contributed by atoms with Gasteiger partial charge in [-0.25, -0.2) is 4.68 Å². The van der Waals surface area contributed by atoms with Crippen LogP contribution in [0, 0.1) is 0 Å². The number of benzene rings is 3. The Bertz CT molecular complexity index is 1180. The quantitative estimate of drug-likeness (QED) is 0.528. The number of rotatable bonds is 4. The van der Waals surface area contributed by atoms with Gasteiger partial charge in [-0.15, -0.1) is 0 Å². The molecule has 0 aliphatic carbocycles. The third-order valence-corrected chi connectivity index (χ3v) is 5.48. The number of hydrogen-bond donors (Lipinski definition) is 1. The molecule has 2 heterocycles. The van der Waals surface area contributed by atoms with Crippen LogP contribution in [0.4, 0.5) is 5.82 Å². The van der Waals surface area contributed by atoms with Gasteiger partial charge in [0.2, 0.25) is 5.91 Å². The molecule has 1 amide bonds. The summed E-state index contributed by atoms with van der Waals surface area (Å²) in [5.74, 6) is 1.42. The molecule has 0 bridgehead atoms. The Morgan fingerprint density at radius 1 is 0.933 bits per heavy atom. The molecule has 4 aromatic rings. The van der Waals surface area contributed by atoms with E-state index in [2.05, 4.69) is 17.4 Å². The number of fused-ring (bicyclic) bond motifs is 1. The van der Waals surface area contributed by atoms with E-state index in [-0.39, 0.29) is 11.8 Å². The average Bonchev–Trinajstić information content (AvgIpc) is 3.19. The van der Waals surface area contributed by atoms with E-state index < -0.39 is 0 Å². The fourth-order valence-corrected chi connectivity index (χ4v) is 4.04. The van der Waals surface area contributed by atoms with Crippen LogP contribution in [0.25, 0.3) is 16.9 Å². The lowest BCUT2D eigenvalue weighted by atomic mass is 9.84. The maximum absolute atomic E-state index is 12.7. The topological polar surface area (TPSA) is 56.1 Å². The van der Waals surface area contributed by atoms with Crippen molar-refractivity contribution in [1.29, 1.82) is 0 Å². The zero-order valence-electron chi connectivity index (χ0n) is 16.6. The Morgan fingerprint density at radius 3 is 2.27 bits per heavy atom. The molecule has 1 N–H and O–H groups in total. The number of nitrogens with zero attached hydrogens (tertiary/aromatic N) is 2. The molecule has 1 atom stereocenters. The van der Waals surface area contributed by atoms with Crippen LogP contribution >= 0.6 is 0 Å². The van der Waals surface area contributed by atoms with Crippen LogP contribution in [0.3, 0.4) is 0 Å². The van der Waals surface area contributed by atoms with Gasteiger partial charge in [0.15, 0.2) is 0 Å². The van der Waals surface area contributed by atoms with E-state index in [4.69, 9.17) is 9.84 Å². The maximum atomic E-state index is 12.7. The molecule has 5 rings (SSSR count). The van der Waals surface area contributed by atoms with Crippen molar-refractivity contribution in [2.75, 3.05) is 12.4 Å². The average molecular weight is 395 g/mol. The van der Waals surface area contributed by atoms with Crippen molar-refractivity contribution in [1.82, 2.24) is 9.78 Å². The molecular weight excluding hydrogens is 374 g/mol. The summed E-state index contributed by atoms with van der Waals surface area (Å²) < 4.78 is 7.14. The van der Waals surface area contributed by atoms with E-state index in [1.165, 1.54) is 0 Å². The van der Waals surface area contributed by atoms with Gasteiger partial charge >= 0.3 is 0 Å². The lowest BCUT2D eigenvalue weighted by Gasteiger charge is -2.25. The van der Waals surface area contributed by atoms with Gasteiger partial charge in [-0.05, 0) is 29.8 Å². The van der Waals surface area contributed by atoms with Crippen molar-refractivity contribution in [2.24, 2.45) is 0 Å². The Kier molecular flexibility index (Phi) is 4.56. The molecule has 0 saturated carbocycles. The third-order valence-electron chi connectivity index (χ3n) is 5.48. The van der Waals surface area contributed by atoms with Gasteiger partial charge in [-0.3, -0.25) is 4.79 Å². The first-order chi connectivity index (χ1) is 14.7. The second-order valence-corrected chi connectivity index (χ2v) is 7.30.